The minimum atomic E-state index is -0.919. The van der Waals surface area contributed by atoms with Gasteiger partial charge < -0.3 is 14.7 Å². The number of amides is 1. The number of carboxylic acids is 1. The summed E-state index contributed by atoms with van der Waals surface area (Å²) in [5, 5.41) is 8.73. The number of rotatable bonds is 3. The van der Waals surface area contributed by atoms with Crippen molar-refractivity contribution in [2.24, 2.45) is 0 Å². The third-order valence-electron chi connectivity index (χ3n) is 3.08. The van der Waals surface area contributed by atoms with E-state index in [0.717, 1.165) is 25.1 Å². The molecule has 6 nitrogen and oxygen atoms in total. The molecule has 1 rings (SSSR count). The van der Waals surface area contributed by atoms with Crippen molar-refractivity contribution in [2.45, 2.75) is 39.7 Å². The molecule has 1 aliphatic rings. The van der Waals surface area contributed by atoms with Gasteiger partial charge in [0.05, 0.1) is 0 Å². The fourth-order valence-corrected chi connectivity index (χ4v) is 2.25. The maximum absolute atomic E-state index is 12.0. The van der Waals surface area contributed by atoms with Gasteiger partial charge in [-0.15, -0.1) is 0 Å². The van der Waals surface area contributed by atoms with Gasteiger partial charge in [0, 0.05) is 38.8 Å². The predicted octanol–water partition coefficient (Wildman–Crippen LogP) is 1.96. The molecule has 0 atom stereocenters. The third-order valence-corrected chi connectivity index (χ3v) is 3.08. The Morgan fingerprint density at radius 1 is 1.19 bits per heavy atom. The molecule has 6 heteroatoms. The number of carboxylic acid groups (broad SMARTS) is 1. The van der Waals surface area contributed by atoms with Crippen molar-refractivity contribution >= 4 is 12.1 Å². The van der Waals surface area contributed by atoms with E-state index in [4.69, 9.17) is 9.84 Å². The highest BCUT2D eigenvalue weighted by atomic mass is 16.6. The van der Waals surface area contributed by atoms with Crippen LogP contribution in [0.2, 0.25) is 0 Å². The monoisotopic (exact) mass is 298 g/mol. The molecule has 0 aromatic heterocycles. The Morgan fingerprint density at radius 2 is 1.86 bits per heavy atom. The Hall–Kier alpha value is -1.56. The fraction of sp³-hybridized carbons (Fsp3) is 0.733. The van der Waals surface area contributed by atoms with Crippen LogP contribution in [0.25, 0.3) is 0 Å². The summed E-state index contributed by atoms with van der Waals surface area (Å²) in [6, 6.07) is 0. The molecule has 0 aromatic carbocycles. The average Bonchev–Trinajstić information content (AvgIpc) is 2.51. The van der Waals surface area contributed by atoms with Crippen LogP contribution >= 0.6 is 0 Å². The lowest BCUT2D eigenvalue weighted by molar-refractivity contribution is -0.131. The van der Waals surface area contributed by atoms with Crippen molar-refractivity contribution in [3.63, 3.8) is 0 Å². The first-order chi connectivity index (χ1) is 9.67. The molecule has 0 aliphatic carbocycles. The van der Waals surface area contributed by atoms with Gasteiger partial charge in [0.1, 0.15) is 5.60 Å². The van der Waals surface area contributed by atoms with E-state index in [-0.39, 0.29) is 6.09 Å². The molecule has 21 heavy (non-hydrogen) atoms. The minimum absolute atomic E-state index is 0.276. The van der Waals surface area contributed by atoms with Gasteiger partial charge in [0.15, 0.2) is 0 Å². The molecule has 0 saturated carbocycles. The van der Waals surface area contributed by atoms with Gasteiger partial charge >= 0.3 is 12.1 Å². The number of carbonyl (C=O) groups excluding carboxylic acids is 1. The Kier molecular flexibility index (Phi) is 6.20. The van der Waals surface area contributed by atoms with Crippen molar-refractivity contribution in [1.82, 2.24) is 9.80 Å². The van der Waals surface area contributed by atoms with Crippen molar-refractivity contribution < 1.29 is 19.4 Å². The van der Waals surface area contributed by atoms with E-state index in [0.29, 0.717) is 19.6 Å². The minimum Gasteiger partial charge on any atom is -0.478 e. The second kappa shape index (κ2) is 7.45. The molecule has 0 radical (unpaired) electrons. The molecular weight excluding hydrogens is 272 g/mol. The molecule has 120 valence electrons. The third kappa shape index (κ3) is 7.13. The molecule has 0 bridgehead atoms. The Morgan fingerprint density at radius 3 is 2.43 bits per heavy atom. The number of hydrogen-bond donors (Lipinski definition) is 1. The van der Waals surface area contributed by atoms with Gasteiger partial charge in [-0.3, -0.25) is 4.90 Å². The molecule has 0 unspecified atom stereocenters. The van der Waals surface area contributed by atoms with Crippen LogP contribution in [0.3, 0.4) is 0 Å². The maximum Gasteiger partial charge on any atom is 0.410 e. The van der Waals surface area contributed by atoms with Gasteiger partial charge in [0.25, 0.3) is 0 Å². The molecule has 1 N–H and O–H groups in total. The van der Waals surface area contributed by atoms with Crippen LogP contribution in [0.4, 0.5) is 4.79 Å². The van der Waals surface area contributed by atoms with Gasteiger partial charge in [0.2, 0.25) is 0 Å². The second-order valence-corrected chi connectivity index (χ2v) is 6.43. The lowest BCUT2D eigenvalue weighted by atomic mass is 10.2. The molecule has 1 saturated heterocycles. The van der Waals surface area contributed by atoms with Gasteiger partial charge in [-0.25, -0.2) is 9.59 Å². The predicted molar refractivity (Wildman–Crippen MR) is 80.3 cm³/mol. The highest BCUT2D eigenvalue weighted by Crippen LogP contribution is 2.12. The van der Waals surface area contributed by atoms with E-state index in [1.54, 1.807) is 4.90 Å². The lowest BCUT2D eigenvalue weighted by Gasteiger charge is -2.26. The first kappa shape index (κ1) is 17.5. The normalized spacial score (nSPS) is 18.3. The summed E-state index contributed by atoms with van der Waals surface area (Å²) in [4.78, 5) is 26.6. The van der Waals surface area contributed by atoms with Crippen LogP contribution in [-0.2, 0) is 9.53 Å². The first-order valence-corrected chi connectivity index (χ1v) is 7.28. The standard InChI is InChI=1S/C15H26N2O4/c1-12(10-13(18)19)11-16-6-5-7-17(9-8-16)14(20)21-15(2,3)4/h10H,5-9,11H2,1-4H3,(H,18,19). The number of hydrogen-bond acceptors (Lipinski definition) is 4. The highest BCUT2D eigenvalue weighted by Gasteiger charge is 2.24. The fourth-order valence-electron chi connectivity index (χ4n) is 2.25. The number of aliphatic carboxylic acids is 1. The topological polar surface area (TPSA) is 70.1 Å². The zero-order valence-corrected chi connectivity index (χ0v) is 13.4. The maximum atomic E-state index is 12.0. The van der Waals surface area contributed by atoms with E-state index in [2.05, 4.69) is 4.90 Å². The van der Waals surface area contributed by atoms with Crippen LogP contribution in [0, 0.1) is 0 Å². The van der Waals surface area contributed by atoms with E-state index < -0.39 is 11.6 Å². The quantitative estimate of drug-likeness (QED) is 0.807. The van der Waals surface area contributed by atoms with Crippen molar-refractivity contribution in [2.75, 3.05) is 32.7 Å². The SMILES string of the molecule is CC(=CC(=O)O)CN1CCCN(C(=O)OC(C)(C)C)CC1. The van der Waals surface area contributed by atoms with Gasteiger partial charge in [-0.1, -0.05) is 5.57 Å². The van der Waals surface area contributed by atoms with Crippen LogP contribution in [-0.4, -0.2) is 65.3 Å². The lowest BCUT2D eigenvalue weighted by Crippen LogP contribution is -2.39. The Bertz CT molecular complexity index is 412. The zero-order valence-electron chi connectivity index (χ0n) is 13.4. The van der Waals surface area contributed by atoms with E-state index in [9.17, 15) is 9.59 Å². The number of nitrogens with zero attached hydrogens (tertiary/aromatic N) is 2. The molecule has 0 spiro atoms. The summed E-state index contributed by atoms with van der Waals surface area (Å²) in [5.74, 6) is -0.919. The molecule has 1 fully saturated rings. The summed E-state index contributed by atoms with van der Waals surface area (Å²) in [7, 11) is 0. The summed E-state index contributed by atoms with van der Waals surface area (Å²) >= 11 is 0. The number of ether oxygens (including phenoxy) is 1. The summed E-state index contributed by atoms with van der Waals surface area (Å²) < 4.78 is 5.38. The van der Waals surface area contributed by atoms with Crippen LogP contribution in [0.5, 0.6) is 0 Å². The van der Waals surface area contributed by atoms with Crippen LogP contribution in [0.1, 0.15) is 34.1 Å². The molecule has 1 heterocycles. The first-order valence-electron chi connectivity index (χ1n) is 7.28. The van der Waals surface area contributed by atoms with Gasteiger partial charge in [-0.05, 0) is 34.1 Å². The summed E-state index contributed by atoms with van der Waals surface area (Å²) in [6.45, 7) is 10.9. The van der Waals surface area contributed by atoms with Crippen molar-refractivity contribution in [3.8, 4) is 0 Å². The van der Waals surface area contributed by atoms with Gasteiger partial charge in [-0.2, -0.15) is 0 Å². The average molecular weight is 298 g/mol. The van der Waals surface area contributed by atoms with Crippen LogP contribution in [0.15, 0.2) is 11.6 Å². The van der Waals surface area contributed by atoms with Crippen LogP contribution < -0.4 is 0 Å². The summed E-state index contributed by atoms with van der Waals surface area (Å²) in [5.41, 5.74) is 0.331. The molecule has 0 aromatic rings. The van der Waals surface area contributed by atoms with E-state index >= 15 is 0 Å². The van der Waals surface area contributed by atoms with E-state index in [1.165, 1.54) is 6.08 Å². The Labute approximate surface area is 126 Å². The molecule has 1 amide bonds. The van der Waals surface area contributed by atoms with E-state index in [1.807, 2.05) is 27.7 Å². The zero-order chi connectivity index (χ0) is 16.0. The highest BCUT2D eigenvalue weighted by molar-refractivity contribution is 5.80. The molecular formula is C15H26N2O4. The largest absolute Gasteiger partial charge is 0.478 e. The van der Waals surface area contributed by atoms with Crippen molar-refractivity contribution in [1.29, 1.82) is 0 Å². The smallest absolute Gasteiger partial charge is 0.410 e. The molecule has 1 aliphatic heterocycles. The Balaban J connectivity index is 2.50. The number of carbonyl (C=O) groups is 2. The summed E-state index contributed by atoms with van der Waals surface area (Å²) in [6.07, 6.45) is 1.82. The van der Waals surface area contributed by atoms with Crippen molar-refractivity contribution in [3.05, 3.63) is 11.6 Å². The second-order valence-electron chi connectivity index (χ2n) is 6.43.